The molecule has 1 saturated heterocycles. The molecule has 7 nitrogen and oxygen atoms in total. The first kappa shape index (κ1) is 13.8. The van der Waals surface area contributed by atoms with Crippen LogP contribution in [0.15, 0.2) is 18.6 Å². The fourth-order valence-electron chi connectivity index (χ4n) is 2.73. The lowest BCUT2D eigenvalue weighted by atomic mass is 10.0. The van der Waals surface area contributed by atoms with Crippen LogP contribution in [-0.4, -0.2) is 39.2 Å². The Kier molecular flexibility index (Phi) is 4.01. The molecule has 7 heteroatoms. The van der Waals surface area contributed by atoms with Gasteiger partial charge in [-0.2, -0.15) is 5.10 Å². The topological polar surface area (TPSA) is 95.7 Å². The van der Waals surface area contributed by atoms with E-state index in [1.807, 2.05) is 13.0 Å². The summed E-state index contributed by atoms with van der Waals surface area (Å²) in [6.45, 7) is 3.27. The Morgan fingerprint density at radius 3 is 3.24 bits per heavy atom. The van der Waals surface area contributed by atoms with Gasteiger partial charge in [-0.3, -0.25) is 9.89 Å². The average molecular weight is 289 g/mol. The number of carbonyl (C=O) groups is 1. The summed E-state index contributed by atoms with van der Waals surface area (Å²) in [6, 6.07) is 1.81. The number of rotatable bonds is 5. The van der Waals surface area contributed by atoms with E-state index < -0.39 is 0 Å². The standard InChI is InChI=1S/C14H19N5O2/c1-2-11-10(3-5-15-11)14(20)16-7-9-4-6-21-12(9)13-17-8-18-19-13/h3,5,8-9,12,15H,2,4,6-7H2,1H3,(H,16,20)(H,17,18,19)/t9-,12-/m0/s1. The first-order chi connectivity index (χ1) is 10.3. The molecule has 2 aromatic heterocycles. The lowest BCUT2D eigenvalue weighted by Gasteiger charge is -2.16. The molecule has 21 heavy (non-hydrogen) atoms. The predicted molar refractivity (Wildman–Crippen MR) is 75.7 cm³/mol. The zero-order valence-corrected chi connectivity index (χ0v) is 11.9. The second-order valence-electron chi connectivity index (χ2n) is 5.14. The van der Waals surface area contributed by atoms with Crippen LogP contribution in [0.1, 0.15) is 41.3 Å². The molecule has 3 N–H and O–H groups in total. The van der Waals surface area contributed by atoms with Crippen LogP contribution in [0.25, 0.3) is 0 Å². The highest BCUT2D eigenvalue weighted by molar-refractivity contribution is 5.95. The van der Waals surface area contributed by atoms with Crippen LogP contribution in [0.4, 0.5) is 0 Å². The molecule has 1 aliphatic rings. The van der Waals surface area contributed by atoms with E-state index in [-0.39, 0.29) is 17.9 Å². The Labute approximate surface area is 122 Å². The lowest BCUT2D eigenvalue weighted by Crippen LogP contribution is -2.31. The summed E-state index contributed by atoms with van der Waals surface area (Å²) in [5.74, 6) is 0.893. The molecule has 0 spiro atoms. The van der Waals surface area contributed by atoms with E-state index in [1.54, 1.807) is 6.20 Å². The van der Waals surface area contributed by atoms with Gasteiger partial charge in [0.1, 0.15) is 12.4 Å². The van der Waals surface area contributed by atoms with E-state index >= 15 is 0 Å². The number of H-pyrrole nitrogens is 2. The fraction of sp³-hybridized carbons (Fsp3) is 0.500. The molecule has 0 bridgehead atoms. The first-order valence-electron chi connectivity index (χ1n) is 7.21. The maximum atomic E-state index is 12.2. The number of nitrogens with one attached hydrogen (secondary N) is 3. The number of amides is 1. The Morgan fingerprint density at radius 2 is 2.48 bits per heavy atom. The highest BCUT2D eigenvalue weighted by atomic mass is 16.5. The van der Waals surface area contributed by atoms with Gasteiger partial charge in [-0.25, -0.2) is 4.98 Å². The lowest BCUT2D eigenvalue weighted by molar-refractivity contribution is 0.0798. The largest absolute Gasteiger partial charge is 0.370 e. The van der Waals surface area contributed by atoms with Crippen molar-refractivity contribution in [2.45, 2.75) is 25.9 Å². The number of ether oxygens (including phenoxy) is 1. The molecule has 1 aliphatic heterocycles. The fourth-order valence-corrected chi connectivity index (χ4v) is 2.73. The summed E-state index contributed by atoms with van der Waals surface area (Å²) in [5.41, 5.74) is 1.68. The highest BCUT2D eigenvalue weighted by Crippen LogP contribution is 2.31. The number of hydrogen-bond donors (Lipinski definition) is 3. The molecule has 0 aromatic carbocycles. The van der Waals surface area contributed by atoms with Gasteiger partial charge in [0.2, 0.25) is 0 Å². The van der Waals surface area contributed by atoms with Gasteiger partial charge < -0.3 is 15.0 Å². The Bertz CT molecular complexity index is 592. The third kappa shape index (κ3) is 2.82. The summed E-state index contributed by atoms with van der Waals surface area (Å²) in [5, 5.41) is 9.68. The van der Waals surface area contributed by atoms with Gasteiger partial charge >= 0.3 is 0 Å². The SMILES string of the molecule is CCc1[nH]ccc1C(=O)NC[C@@H]1CCO[C@@H]1c1ncn[nH]1. The number of aromatic amines is 2. The van der Waals surface area contributed by atoms with Crippen LogP contribution in [0, 0.1) is 5.92 Å². The molecule has 3 heterocycles. The van der Waals surface area contributed by atoms with Crippen LogP contribution in [0.3, 0.4) is 0 Å². The van der Waals surface area contributed by atoms with Gasteiger partial charge in [-0.05, 0) is 18.9 Å². The number of aryl methyl sites for hydroxylation is 1. The molecule has 3 rings (SSSR count). The number of hydrogen-bond acceptors (Lipinski definition) is 4. The monoisotopic (exact) mass is 289 g/mol. The quantitative estimate of drug-likeness (QED) is 0.770. The molecule has 0 saturated carbocycles. The second-order valence-corrected chi connectivity index (χ2v) is 5.14. The smallest absolute Gasteiger partial charge is 0.253 e. The van der Waals surface area contributed by atoms with Gasteiger partial charge in [0.05, 0.1) is 5.56 Å². The summed E-state index contributed by atoms with van der Waals surface area (Å²) < 4.78 is 5.69. The molecule has 1 amide bonds. The van der Waals surface area contributed by atoms with Gasteiger partial charge in [0.15, 0.2) is 5.82 Å². The zero-order valence-electron chi connectivity index (χ0n) is 11.9. The number of aromatic nitrogens is 4. The molecule has 0 radical (unpaired) electrons. The van der Waals surface area contributed by atoms with Crippen molar-refractivity contribution in [1.29, 1.82) is 0 Å². The Balaban J connectivity index is 1.61. The highest BCUT2D eigenvalue weighted by Gasteiger charge is 2.32. The molecule has 112 valence electrons. The van der Waals surface area contributed by atoms with Gasteiger partial charge in [0, 0.05) is 31.0 Å². The van der Waals surface area contributed by atoms with Gasteiger partial charge in [0.25, 0.3) is 5.91 Å². The van der Waals surface area contributed by atoms with Crippen molar-refractivity contribution in [1.82, 2.24) is 25.5 Å². The van der Waals surface area contributed by atoms with Crippen molar-refractivity contribution in [3.8, 4) is 0 Å². The normalized spacial score (nSPS) is 21.6. The van der Waals surface area contributed by atoms with E-state index in [0.29, 0.717) is 18.7 Å². The first-order valence-corrected chi connectivity index (χ1v) is 7.21. The molecular formula is C14H19N5O2. The minimum absolute atomic E-state index is 0.0451. The van der Waals surface area contributed by atoms with Crippen molar-refractivity contribution in [3.63, 3.8) is 0 Å². The van der Waals surface area contributed by atoms with Crippen molar-refractivity contribution >= 4 is 5.91 Å². The third-order valence-corrected chi connectivity index (χ3v) is 3.87. The van der Waals surface area contributed by atoms with E-state index in [4.69, 9.17) is 4.74 Å². The minimum Gasteiger partial charge on any atom is -0.370 e. The van der Waals surface area contributed by atoms with Crippen molar-refractivity contribution in [2.75, 3.05) is 13.2 Å². The van der Waals surface area contributed by atoms with E-state index in [1.165, 1.54) is 6.33 Å². The van der Waals surface area contributed by atoms with Crippen LogP contribution >= 0.6 is 0 Å². The molecule has 2 aromatic rings. The van der Waals surface area contributed by atoms with Crippen LogP contribution in [0.5, 0.6) is 0 Å². The number of nitrogens with zero attached hydrogens (tertiary/aromatic N) is 2. The van der Waals surface area contributed by atoms with Crippen LogP contribution < -0.4 is 5.32 Å². The summed E-state index contributed by atoms with van der Waals surface area (Å²) in [4.78, 5) is 19.5. The average Bonchev–Trinajstić information content (AvgIpc) is 3.23. The van der Waals surface area contributed by atoms with Gasteiger partial charge in [-0.1, -0.05) is 6.92 Å². The summed E-state index contributed by atoms with van der Waals surface area (Å²) in [7, 11) is 0. The van der Waals surface area contributed by atoms with Crippen LogP contribution in [0.2, 0.25) is 0 Å². The summed E-state index contributed by atoms with van der Waals surface area (Å²) >= 11 is 0. The van der Waals surface area contributed by atoms with Crippen molar-refractivity contribution in [2.24, 2.45) is 5.92 Å². The van der Waals surface area contributed by atoms with Gasteiger partial charge in [-0.15, -0.1) is 0 Å². The third-order valence-electron chi connectivity index (χ3n) is 3.87. The predicted octanol–water partition coefficient (Wildman–Crippen LogP) is 1.20. The maximum Gasteiger partial charge on any atom is 0.253 e. The van der Waals surface area contributed by atoms with E-state index in [2.05, 4.69) is 25.5 Å². The zero-order chi connectivity index (χ0) is 14.7. The molecular weight excluding hydrogens is 270 g/mol. The minimum atomic E-state index is -0.121. The molecule has 0 unspecified atom stereocenters. The Hall–Kier alpha value is -2.15. The van der Waals surface area contributed by atoms with E-state index in [9.17, 15) is 4.79 Å². The van der Waals surface area contributed by atoms with Crippen molar-refractivity contribution < 1.29 is 9.53 Å². The van der Waals surface area contributed by atoms with Crippen molar-refractivity contribution in [3.05, 3.63) is 35.7 Å². The van der Waals surface area contributed by atoms with E-state index in [0.717, 1.165) is 24.4 Å². The molecule has 2 atom stereocenters. The van der Waals surface area contributed by atoms with Crippen LogP contribution in [-0.2, 0) is 11.2 Å². The number of carbonyl (C=O) groups excluding carboxylic acids is 1. The summed E-state index contributed by atoms with van der Waals surface area (Å²) in [6.07, 6.45) is 4.86. The maximum absolute atomic E-state index is 12.2. The molecule has 0 aliphatic carbocycles. The second kappa shape index (κ2) is 6.09. The molecule has 1 fully saturated rings. The Morgan fingerprint density at radius 1 is 1.57 bits per heavy atom.